The van der Waals surface area contributed by atoms with Crippen LogP contribution in [0.5, 0.6) is 0 Å². The molecule has 1 aromatic heterocycles. The first kappa shape index (κ1) is 13.1. The summed E-state index contributed by atoms with van der Waals surface area (Å²) in [6.45, 7) is 0. The lowest BCUT2D eigenvalue weighted by Crippen LogP contribution is -2.05. The van der Waals surface area contributed by atoms with E-state index < -0.39 is 9.84 Å². The van der Waals surface area contributed by atoms with Gasteiger partial charge in [0, 0.05) is 10.4 Å². The molecule has 2 N–H and O–H groups in total. The van der Waals surface area contributed by atoms with Crippen LogP contribution in [-0.2, 0) is 15.6 Å². The zero-order valence-electron chi connectivity index (χ0n) is 10.6. The van der Waals surface area contributed by atoms with Crippen molar-refractivity contribution in [3.8, 4) is 0 Å². The van der Waals surface area contributed by atoms with Crippen LogP contribution < -0.4 is 5.73 Å². The number of nitrogens with two attached hydrogens (primary N) is 1. The van der Waals surface area contributed by atoms with Gasteiger partial charge < -0.3 is 5.73 Å². The number of benzene rings is 2. The molecule has 0 aliphatic carbocycles. The van der Waals surface area contributed by atoms with Crippen molar-refractivity contribution in [2.45, 2.75) is 10.6 Å². The van der Waals surface area contributed by atoms with Crippen LogP contribution in [0.25, 0.3) is 10.1 Å². The maximum absolute atomic E-state index is 12.4. The highest BCUT2D eigenvalue weighted by molar-refractivity contribution is 7.90. The number of thiophene rings is 1. The number of anilines is 1. The maximum Gasteiger partial charge on any atom is 0.182 e. The van der Waals surface area contributed by atoms with E-state index in [-0.39, 0.29) is 10.6 Å². The molecule has 0 aliphatic heterocycles. The molecular weight excluding hydrogens is 290 g/mol. The molecule has 3 nitrogen and oxygen atoms in total. The van der Waals surface area contributed by atoms with Gasteiger partial charge in [-0.2, -0.15) is 0 Å². The van der Waals surface area contributed by atoms with Crippen LogP contribution in [0.4, 0.5) is 5.69 Å². The molecule has 102 valence electrons. The average Bonchev–Trinajstić information content (AvgIpc) is 2.82. The summed E-state index contributed by atoms with van der Waals surface area (Å²) < 4.78 is 26.0. The quantitative estimate of drug-likeness (QED) is 0.754. The van der Waals surface area contributed by atoms with Crippen molar-refractivity contribution < 1.29 is 8.42 Å². The summed E-state index contributed by atoms with van der Waals surface area (Å²) in [4.78, 5) is 0.271. The SMILES string of the molecule is Nc1cccc(S(=O)(=O)Cc2csc3ccccc23)c1. The molecule has 0 amide bonds. The summed E-state index contributed by atoms with van der Waals surface area (Å²) in [5, 5.41) is 2.92. The van der Waals surface area contributed by atoms with E-state index in [0.29, 0.717) is 5.69 Å². The molecule has 1 heterocycles. The van der Waals surface area contributed by atoms with E-state index in [1.54, 1.807) is 29.5 Å². The topological polar surface area (TPSA) is 60.2 Å². The molecule has 0 atom stereocenters. The third-order valence-corrected chi connectivity index (χ3v) is 5.80. The first-order valence-electron chi connectivity index (χ1n) is 6.10. The van der Waals surface area contributed by atoms with Gasteiger partial charge in [-0.15, -0.1) is 11.3 Å². The van der Waals surface area contributed by atoms with Gasteiger partial charge in [0.1, 0.15) is 0 Å². The number of rotatable bonds is 3. The summed E-state index contributed by atoms with van der Waals surface area (Å²) in [5.41, 5.74) is 6.96. The first-order chi connectivity index (χ1) is 9.56. The number of nitrogen functional groups attached to an aromatic ring is 1. The second kappa shape index (κ2) is 4.92. The lowest BCUT2D eigenvalue weighted by Gasteiger charge is -2.05. The molecule has 0 bridgehead atoms. The minimum Gasteiger partial charge on any atom is -0.399 e. The van der Waals surface area contributed by atoms with Gasteiger partial charge in [-0.1, -0.05) is 24.3 Å². The van der Waals surface area contributed by atoms with E-state index in [2.05, 4.69) is 0 Å². The van der Waals surface area contributed by atoms with E-state index in [9.17, 15) is 8.42 Å². The predicted molar refractivity (Wildman–Crippen MR) is 83.6 cm³/mol. The van der Waals surface area contributed by atoms with Crippen LogP contribution in [0.1, 0.15) is 5.56 Å². The fraction of sp³-hybridized carbons (Fsp3) is 0.0667. The van der Waals surface area contributed by atoms with Gasteiger partial charge in [-0.3, -0.25) is 0 Å². The number of sulfone groups is 1. The zero-order valence-corrected chi connectivity index (χ0v) is 12.2. The minimum atomic E-state index is -3.37. The normalized spacial score (nSPS) is 11.8. The van der Waals surface area contributed by atoms with Crippen molar-refractivity contribution in [1.29, 1.82) is 0 Å². The van der Waals surface area contributed by atoms with Crippen molar-refractivity contribution >= 4 is 36.9 Å². The van der Waals surface area contributed by atoms with Crippen LogP contribution in [0.15, 0.2) is 58.8 Å². The Morgan fingerprint density at radius 2 is 1.85 bits per heavy atom. The number of hydrogen-bond acceptors (Lipinski definition) is 4. The van der Waals surface area contributed by atoms with E-state index >= 15 is 0 Å². The fourth-order valence-electron chi connectivity index (χ4n) is 2.14. The Morgan fingerprint density at radius 1 is 1.05 bits per heavy atom. The molecule has 0 fully saturated rings. The van der Waals surface area contributed by atoms with Gasteiger partial charge >= 0.3 is 0 Å². The third-order valence-electron chi connectivity index (χ3n) is 3.12. The smallest absolute Gasteiger partial charge is 0.182 e. The highest BCUT2D eigenvalue weighted by atomic mass is 32.2. The molecule has 2 aromatic carbocycles. The van der Waals surface area contributed by atoms with Crippen LogP contribution in [0.3, 0.4) is 0 Å². The Balaban J connectivity index is 2.02. The number of fused-ring (bicyclic) bond motifs is 1. The van der Waals surface area contributed by atoms with Crippen LogP contribution in [-0.4, -0.2) is 8.42 Å². The Bertz CT molecular complexity index is 866. The Kier molecular flexibility index (Phi) is 3.23. The summed E-state index contributed by atoms with van der Waals surface area (Å²) >= 11 is 1.56. The molecule has 0 saturated carbocycles. The first-order valence-corrected chi connectivity index (χ1v) is 8.63. The summed E-state index contributed by atoms with van der Waals surface area (Å²) in [5.74, 6) is 0.000463. The van der Waals surface area contributed by atoms with Crippen LogP contribution in [0.2, 0.25) is 0 Å². The molecule has 0 spiro atoms. The summed E-state index contributed by atoms with van der Waals surface area (Å²) in [6, 6.07) is 14.3. The van der Waals surface area contributed by atoms with E-state index in [0.717, 1.165) is 15.6 Å². The van der Waals surface area contributed by atoms with Gasteiger partial charge in [-0.05, 0) is 40.6 Å². The highest BCUT2D eigenvalue weighted by Crippen LogP contribution is 2.29. The van der Waals surface area contributed by atoms with Crippen LogP contribution >= 0.6 is 11.3 Å². The van der Waals surface area contributed by atoms with Crippen molar-refractivity contribution in [2.75, 3.05) is 5.73 Å². The van der Waals surface area contributed by atoms with Gasteiger partial charge in [-0.25, -0.2) is 8.42 Å². The van der Waals surface area contributed by atoms with Crippen molar-refractivity contribution in [3.05, 3.63) is 59.5 Å². The average molecular weight is 303 g/mol. The zero-order chi connectivity index (χ0) is 14.2. The predicted octanol–water partition coefficient (Wildman–Crippen LogP) is 3.46. The fourth-order valence-corrected chi connectivity index (χ4v) is 4.63. The molecular formula is C15H13NO2S2. The minimum absolute atomic E-state index is 0.000463. The standard InChI is InChI=1S/C15H13NO2S2/c16-12-4-3-5-13(8-12)20(17,18)10-11-9-19-15-7-2-1-6-14(11)15/h1-9H,10,16H2. The van der Waals surface area contributed by atoms with Gasteiger partial charge in [0.05, 0.1) is 10.6 Å². The molecule has 3 aromatic rings. The number of hydrogen-bond donors (Lipinski definition) is 1. The lowest BCUT2D eigenvalue weighted by molar-refractivity contribution is 0.595. The van der Waals surface area contributed by atoms with E-state index in [1.807, 2.05) is 29.6 Å². The molecule has 0 unspecified atom stereocenters. The van der Waals surface area contributed by atoms with Gasteiger partial charge in [0.25, 0.3) is 0 Å². The second-order valence-corrected chi connectivity index (χ2v) is 7.49. The molecule has 0 aliphatic rings. The van der Waals surface area contributed by atoms with E-state index in [1.165, 1.54) is 6.07 Å². The summed E-state index contributed by atoms with van der Waals surface area (Å²) in [6.07, 6.45) is 0. The molecule has 0 saturated heterocycles. The van der Waals surface area contributed by atoms with Crippen molar-refractivity contribution in [2.24, 2.45) is 0 Å². The van der Waals surface area contributed by atoms with Crippen molar-refractivity contribution in [3.63, 3.8) is 0 Å². The lowest BCUT2D eigenvalue weighted by atomic mass is 10.2. The largest absolute Gasteiger partial charge is 0.399 e. The Morgan fingerprint density at radius 3 is 2.65 bits per heavy atom. The van der Waals surface area contributed by atoms with Crippen molar-refractivity contribution in [1.82, 2.24) is 0 Å². The summed E-state index contributed by atoms with van der Waals surface area (Å²) in [7, 11) is -3.37. The third kappa shape index (κ3) is 2.42. The monoisotopic (exact) mass is 303 g/mol. The van der Waals surface area contributed by atoms with Gasteiger partial charge in [0.2, 0.25) is 0 Å². The van der Waals surface area contributed by atoms with Gasteiger partial charge in [0.15, 0.2) is 9.84 Å². The van der Waals surface area contributed by atoms with Crippen LogP contribution in [0, 0.1) is 0 Å². The molecule has 0 radical (unpaired) electrons. The molecule has 20 heavy (non-hydrogen) atoms. The highest BCUT2D eigenvalue weighted by Gasteiger charge is 2.17. The molecule has 3 rings (SSSR count). The van der Waals surface area contributed by atoms with E-state index in [4.69, 9.17) is 5.73 Å². The molecule has 5 heteroatoms. The second-order valence-electron chi connectivity index (χ2n) is 4.59. The Labute approximate surface area is 121 Å². The Hall–Kier alpha value is -1.85. The maximum atomic E-state index is 12.4.